The largest absolute Gasteiger partial charge is 0.481 e. The first-order valence-electron chi connectivity index (χ1n) is 8.27. The molecule has 1 N–H and O–H groups in total. The van der Waals surface area contributed by atoms with Gasteiger partial charge in [-0.1, -0.05) is 6.07 Å². The zero-order chi connectivity index (χ0) is 19.3. The maximum absolute atomic E-state index is 12.8. The molecule has 26 heavy (non-hydrogen) atoms. The molecule has 144 valence electrons. The molecule has 1 aromatic carbocycles. The molecule has 0 saturated carbocycles. The van der Waals surface area contributed by atoms with Gasteiger partial charge < -0.3 is 14.9 Å². The summed E-state index contributed by atoms with van der Waals surface area (Å²) < 4.78 is 38.5. The highest BCUT2D eigenvalue weighted by atomic mass is 19.4. The summed E-state index contributed by atoms with van der Waals surface area (Å²) in [4.78, 5) is 27.9. The summed E-state index contributed by atoms with van der Waals surface area (Å²) in [7, 11) is 1.68. The van der Waals surface area contributed by atoms with Crippen LogP contribution in [0.1, 0.15) is 12.0 Å². The van der Waals surface area contributed by atoms with E-state index in [0.29, 0.717) is 31.9 Å². The van der Waals surface area contributed by atoms with E-state index in [-0.39, 0.29) is 25.4 Å². The van der Waals surface area contributed by atoms with Gasteiger partial charge in [0.25, 0.3) is 0 Å². The van der Waals surface area contributed by atoms with Crippen molar-refractivity contribution in [2.24, 2.45) is 0 Å². The highest BCUT2D eigenvalue weighted by Gasteiger charge is 2.31. The predicted molar refractivity (Wildman–Crippen MR) is 90.0 cm³/mol. The van der Waals surface area contributed by atoms with Crippen LogP contribution in [-0.4, -0.2) is 73.1 Å². The average molecular weight is 373 g/mol. The van der Waals surface area contributed by atoms with Crippen LogP contribution in [0, 0.1) is 0 Å². The summed E-state index contributed by atoms with van der Waals surface area (Å²) in [5, 5.41) is 8.65. The van der Waals surface area contributed by atoms with E-state index in [4.69, 9.17) is 5.11 Å². The Bertz CT molecular complexity index is 644. The van der Waals surface area contributed by atoms with Crippen molar-refractivity contribution in [3.63, 3.8) is 0 Å². The number of likely N-dealkylation sites (N-methyl/N-ethyl adjacent to an activating group) is 1. The molecule has 0 aliphatic carbocycles. The number of benzene rings is 1. The zero-order valence-electron chi connectivity index (χ0n) is 14.5. The maximum atomic E-state index is 12.8. The van der Waals surface area contributed by atoms with E-state index in [0.717, 1.165) is 12.1 Å². The molecule has 9 heteroatoms. The van der Waals surface area contributed by atoms with E-state index >= 15 is 0 Å². The number of aliphatic carboxylic acids is 1. The Hall–Kier alpha value is -2.29. The van der Waals surface area contributed by atoms with Crippen LogP contribution in [0.25, 0.3) is 0 Å². The van der Waals surface area contributed by atoms with Gasteiger partial charge in [-0.05, 0) is 25.2 Å². The Kier molecular flexibility index (Phi) is 6.47. The third-order valence-electron chi connectivity index (χ3n) is 4.28. The number of nitrogens with zero attached hydrogens (tertiary/aromatic N) is 3. The predicted octanol–water partition coefficient (Wildman–Crippen LogP) is 1.76. The van der Waals surface area contributed by atoms with Gasteiger partial charge in [-0.3, -0.25) is 14.5 Å². The fourth-order valence-electron chi connectivity index (χ4n) is 2.79. The van der Waals surface area contributed by atoms with Crippen LogP contribution in [0.2, 0.25) is 0 Å². The van der Waals surface area contributed by atoms with E-state index in [1.165, 1.54) is 6.07 Å². The van der Waals surface area contributed by atoms with Crippen LogP contribution in [-0.2, 0) is 15.8 Å². The van der Waals surface area contributed by atoms with Crippen LogP contribution >= 0.6 is 0 Å². The van der Waals surface area contributed by atoms with Crippen LogP contribution in [0.4, 0.5) is 18.9 Å². The Labute approximate surface area is 149 Å². The van der Waals surface area contributed by atoms with E-state index in [1.807, 2.05) is 4.90 Å². The summed E-state index contributed by atoms with van der Waals surface area (Å²) in [6, 6.07) is 5.17. The minimum atomic E-state index is -4.38. The fraction of sp³-hybridized carbons (Fsp3) is 0.529. The molecule has 0 aromatic heterocycles. The minimum Gasteiger partial charge on any atom is -0.481 e. The molecule has 6 nitrogen and oxygen atoms in total. The lowest BCUT2D eigenvalue weighted by molar-refractivity contribution is -0.138. The molecule has 0 spiro atoms. The summed E-state index contributed by atoms with van der Waals surface area (Å²) in [6.07, 6.45) is -4.42. The fourth-order valence-corrected chi connectivity index (χ4v) is 2.79. The van der Waals surface area contributed by atoms with Gasteiger partial charge in [0, 0.05) is 38.4 Å². The molecule has 1 aliphatic heterocycles. The number of alkyl halides is 3. The Morgan fingerprint density at radius 1 is 1.19 bits per heavy atom. The molecular formula is C17H22F3N3O3. The second-order valence-corrected chi connectivity index (χ2v) is 6.30. The number of piperazine rings is 1. The number of carboxylic acid groups (broad SMARTS) is 1. The first-order valence-corrected chi connectivity index (χ1v) is 8.27. The second-order valence-electron chi connectivity index (χ2n) is 6.30. The SMILES string of the molecule is CN(CCC(=O)O)CC(=O)N1CCN(c2cccc(C(F)(F)F)c2)CC1. The normalized spacial score (nSPS) is 15.4. The molecule has 0 atom stereocenters. The van der Waals surface area contributed by atoms with E-state index in [1.54, 1.807) is 22.9 Å². The van der Waals surface area contributed by atoms with E-state index in [2.05, 4.69) is 0 Å². The number of anilines is 1. The van der Waals surface area contributed by atoms with Gasteiger partial charge in [0.1, 0.15) is 0 Å². The molecule has 1 aromatic rings. The highest BCUT2D eigenvalue weighted by molar-refractivity contribution is 5.78. The minimum absolute atomic E-state index is 0.0346. The number of carboxylic acids is 1. The second kappa shape index (κ2) is 8.39. The van der Waals surface area contributed by atoms with Crippen molar-refractivity contribution < 1.29 is 27.9 Å². The zero-order valence-corrected chi connectivity index (χ0v) is 14.5. The number of carbonyl (C=O) groups excluding carboxylic acids is 1. The van der Waals surface area contributed by atoms with Crippen molar-refractivity contribution in [2.75, 3.05) is 51.2 Å². The Morgan fingerprint density at radius 2 is 1.85 bits per heavy atom. The van der Waals surface area contributed by atoms with Gasteiger partial charge >= 0.3 is 12.1 Å². The molecule has 1 fully saturated rings. The van der Waals surface area contributed by atoms with Crippen LogP contribution < -0.4 is 4.90 Å². The lowest BCUT2D eigenvalue weighted by atomic mass is 10.1. The number of hydrogen-bond acceptors (Lipinski definition) is 4. The third kappa shape index (κ3) is 5.62. The molecule has 0 bridgehead atoms. The topological polar surface area (TPSA) is 64.1 Å². The van der Waals surface area contributed by atoms with Gasteiger partial charge in [-0.25, -0.2) is 0 Å². The van der Waals surface area contributed by atoms with Crippen LogP contribution in [0.15, 0.2) is 24.3 Å². The molecule has 0 unspecified atom stereocenters. The van der Waals surface area contributed by atoms with Crippen molar-refractivity contribution in [1.29, 1.82) is 0 Å². The summed E-state index contributed by atoms with van der Waals surface area (Å²) in [6.45, 7) is 2.14. The van der Waals surface area contributed by atoms with Gasteiger partial charge in [-0.15, -0.1) is 0 Å². The van der Waals surface area contributed by atoms with Crippen LogP contribution in [0.3, 0.4) is 0 Å². The quantitative estimate of drug-likeness (QED) is 0.823. The van der Waals surface area contributed by atoms with E-state index in [9.17, 15) is 22.8 Å². The molecule has 1 aliphatic rings. The lowest BCUT2D eigenvalue weighted by Crippen LogP contribution is -2.51. The standard InChI is InChI=1S/C17H22F3N3O3/c1-21(6-5-16(25)26)12-15(24)23-9-7-22(8-10-23)14-4-2-3-13(11-14)17(18,19)20/h2-4,11H,5-10,12H2,1H3,(H,25,26). The molecule has 2 rings (SSSR count). The van der Waals surface area contributed by atoms with Crippen molar-refractivity contribution in [1.82, 2.24) is 9.80 Å². The van der Waals surface area contributed by atoms with Crippen molar-refractivity contribution in [3.05, 3.63) is 29.8 Å². The van der Waals surface area contributed by atoms with Crippen molar-refractivity contribution in [3.8, 4) is 0 Å². The van der Waals surface area contributed by atoms with Crippen molar-refractivity contribution >= 4 is 17.6 Å². The first kappa shape index (κ1) is 20.0. The Morgan fingerprint density at radius 3 is 2.42 bits per heavy atom. The molecule has 1 saturated heterocycles. The summed E-state index contributed by atoms with van der Waals surface area (Å²) in [5.41, 5.74) is -0.195. The Balaban J connectivity index is 1.87. The van der Waals surface area contributed by atoms with Gasteiger partial charge in [0.15, 0.2) is 0 Å². The number of carbonyl (C=O) groups is 2. The third-order valence-corrected chi connectivity index (χ3v) is 4.28. The molecule has 1 amide bonds. The van der Waals surface area contributed by atoms with E-state index < -0.39 is 17.7 Å². The van der Waals surface area contributed by atoms with Crippen molar-refractivity contribution in [2.45, 2.75) is 12.6 Å². The van der Waals surface area contributed by atoms with Crippen LogP contribution in [0.5, 0.6) is 0 Å². The number of amides is 1. The van der Waals surface area contributed by atoms with Gasteiger partial charge in [0.05, 0.1) is 18.5 Å². The molecule has 1 heterocycles. The van der Waals surface area contributed by atoms with Gasteiger partial charge in [-0.2, -0.15) is 13.2 Å². The number of hydrogen-bond donors (Lipinski definition) is 1. The average Bonchev–Trinajstić information content (AvgIpc) is 2.59. The summed E-state index contributed by atoms with van der Waals surface area (Å²) >= 11 is 0. The maximum Gasteiger partial charge on any atom is 0.416 e. The lowest BCUT2D eigenvalue weighted by Gasteiger charge is -2.37. The number of rotatable bonds is 6. The highest BCUT2D eigenvalue weighted by Crippen LogP contribution is 2.31. The van der Waals surface area contributed by atoms with Gasteiger partial charge in [0.2, 0.25) is 5.91 Å². The number of halogens is 3. The summed E-state index contributed by atoms with van der Waals surface area (Å²) in [5.74, 6) is -1.03. The molecule has 0 radical (unpaired) electrons. The first-order chi connectivity index (χ1) is 12.2. The smallest absolute Gasteiger partial charge is 0.416 e. The monoisotopic (exact) mass is 373 g/mol. The molecular weight excluding hydrogens is 351 g/mol.